The van der Waals surface area contributed by atoms with Crippen LogP contribution in [0.5, 0.6) is 0 Å². The van der Waals surface area contributed by atoms with E-state index >= 15 is 0 Å². The zero-order chi connectivity index (χ0) is 16.3. The van der Waals surface area contributed by atoms with Gasteiger partial charge < -0.3 is 5.32 Å². The van der Waals surface area contributed by atoms with E-state index in [1.807, 2.05) is 0 Å². The number of nitrogens with one attached hydrogen (secondary N) is 1. The van der Waals surface area contributed by atoms with Crippen LogP contribution >= 0.6 is 15.9 Å². The molecular weight excluding hydrogens is 370 g/mol. The predicted octanol–water partition coefficient (Wildman–Crippen LogP) is 2.35. The lowest BCUT2D eigenvalue weighted by Gasteiger charge is -2.11. The van der Waals surface area contributed by atoms with E-state index in [9.17, 15) is 13.2 Å². The van der Waals surface area contributed by atoms with Crippen molar-refractivity contribution in [1.82, 2.24) is 9.29 Å². The number of amides is 1. The Morgan fingerprint density at radius 2 is 1.77 bits per heavy atom. The third-order valence-electron chi connectivity index (χ3n) is 2.88. The molecule has 116 valence electrons. The van der Waals surface area contributed by atoms with Gasteiger partial charge in [-0.2, -0.15) is 0 Å². The van der Waals surface area contributed by atoms with Crippen LogP contribution in [0.4, 0.5) is 5.69 Å². The Morgan fingerprint density at radius 3 is 2.27 bits per heavy atom. The molecule has 0 aliphatic heterocycles. The summed E-state index contributed by atoms with van der Waals surface area (Å²) < 4.78 is 25.7. The van der Waals surface area contributed by atoms with Gasteiger partial charge in [0, 0.05) is 19.7 Å². The van der Waals surface area contributed by atoms with E-state index in [-0.39, 0.29) is 10.8 Å². The normalized spacial score (nSPS) is 11.5. The lowest BCUT2D eigenvalue weighted by atomic mass is 10.2. The van der Waals surface area contributed by atoms with Crippen LogP contribution in [0.25, 0.3) is 0 Å². The van der Waals surface area contributed by atoms with Gasteiger partial charge in [-0.1, -0.05) is 0 Å². The van der Waals surface area contributed by atoms with E-state index in [0.29, 0.717) is 15.9 Å². The first kappa shape index (κ1) is 16.6. The molecule has 0 saturated carbocycles. The first-order valence-electron chi connectivity index (χ1n) is 6.26. The molecule has 22 heavy (non-hydrogen) atoms. The summed E-state index contributed by atoms with van der Waals surface area (Å²) in [5.74, 6) is -0.335. The summed E-state index contributed by atoms with van der Waals surface area (Å²) in [6.07, 6.45) is 1.52. The van der Waals surface area contributed by atoms with Crippen molar-refractivity contribution in [3.05, 3.63) is 52.8 Å². The van der Waals surface area contributed by atoms with Crippen molar-refractivity contribution in [2.45, 2.75) is 4.90 Å². The molecular formula is C14H14BrN3O3S. The van der Waals surface area contributed by atoms with Gasteiger partial charge in [-0.15, -0.1) is 0 Å². The van der Waals surface area contributed by atoms with Gasteiger partial charge >= 0.3 is 0 Å². The summed E-state index contributed by atoms with van der Waals surface area (Å²) in [7, 11) is -0.587. The van der Waals surface area contributed by atoms with Gasteiger partial charge in [-0.05, 0) is 52.3 Å². The fourth-order valence-corrected chi connectivity index (χ4v) is 2.78. The van der Waals surface area contributed by atoms with Crippen molar-refractivity contribution in [2.24, 2.45) is 0 Å². The Kier molecular flexibility index (Phi) is 4.94. The minimum absolute atomic E-state index is 0.138. The SMILES string of the molecule is CN(C)S(=O)(=O)c1ccc(C(=O)Nc2ccc(Br)nc2)cc1. The smallest absolute Gasteiger partial charge is 0.255 e. The number of carbonyl (C=O) groups is 1. The molecule has 2 aromatic rings. The average Bonchev–Trinajstić information content (AvgIpc) is 2.49. The third kappa shape index (κ3) is 3.70. The van der Waals surface area contributed by atoms with Gasteiger partial charge in [0.25, 0.3) is 5.91 Å². The number of carbonyl (C=O) groups excluding carboxylic acids is 1. The molecule has 2 rings (SSSR count). The molecule has 6 nitrogen and oxygen atoms in total. The Hall–Kier alpha value is -1.77. The number of sulfonamides is 1. The van der Waals surface area contributed by atoms with Gasteiger partial charge in [-0.25, -0.2) is 17.7 Å². The zero-order valence-corrected chi connectivity index (χ0v) is 14.3. The topological polar surface area (TPSA) is 79.4 Å². The van der Waals surface area contributed by atoms with Crippen molar-refractivity contribution < 1.29 is 13.2 Å². The maximum Gasteiger partial charge on any atom is 0.255 e. The molecule has 0 aliphatic rings. The molecule has 0 fully saturated rings. The van der Waals surface area contributed by atoms with Crippen LogP contribution in [-0.4, -0.2) is 37.7 Å². The highest BCUT2D eigenvalue weighted by molar-refractivity contribution is 9.10. The number of pyridine rings is 1. The molecule has 1 aromatic carbocycles. The van der Waals surface area contributed by atoms with Gasteiger partial charge in [0.2, 0.25) is 10.0 Å². The first-order chi connectivity index (χ1) is 10.3. The van der Waals surface area contributed by atoms with Crippen LogP contribution in [-0.2, 0) is 10.0 Å². The summed E-state index contributed by atoms with van der Waals surface area (Å²) in [6, 6.07) is 9.17. The van der Waals surface area contributed by atoms with Crippen LogP contribution in [0.3, 0.4) is 0 Å². The number of nitrogens with zero attached hydrogens (tertiary/aromatic N) is 2. The molecule has 1 amide bonds. The number of benzene rings is 1. The second-order valence-electron chi connectivity index (χ2n) is 4.64. The maximum atomic E-state index is 12.1. The first-order valence-corrected chi connectivity index (χ1v) is 8.49. The highest BCUT2D eigenvalue weighted by Crippen LogP contribution is 2.16. The molecule has 0 radical (unpaired) electrons. The van der Waals surface area contributed by atoms with E-state index in [2.05, 4.69) is 26.2 Å². The third-order valence-corrected chi connectivity index (χ3v) is 5.18. The van der Waals surface area contributed by atoms with Crippen molar-refractivity contribution in [1.29, 1.82) is 0 Å². The molecule has 0 unspecified atom stereocenters. The lowest BCUT2D eigenvalue weighted by Crippen LogP contribution is -2.22. The largest absolute Gasteiger partial charge is 0.321 e. The number of aromatic nitrogens is 1. The zero-order valence-electron chi connectivity index (χ0n) is 11.9. The molecule has 0 atom stereocenters. The predicted molar refractivity (Wildman–Crippen MR) is 87.2 cm³/mol. The van der Waals surface area contributed by atoms with Crippen LogP contribution in [0.2, 0.25) is 0 Å². The number of anilines is 1. The minimum atomic E-state index is -3.50. The molecule has 1 aromatic heterocycles. The second kappa shape index (κ2) is 6.55. The van der Waals surface area contributed by atoms with Crippen molar-refractivity contribution in [3.8, 4) is 0 Å². The number of rotatable bonds is 4. The molecule has 1 N–H and O–H groups in total. The summed E-state index contributed by atoms with van der Waals surface area (Å²) in [5, 5.41) is 2.68. The van der Waals surface area contributed by atoms with E-state index in [1.54, 1.807) is 12.1 Å². The molecule has 0 aliphatic carbocycles. The van der Waals surface area contributed by atoms with Gasteiger partial charge in [-0.3, -0.25) is 4.79 Å². The van der Waals surface area contributed by atoms with Crippen molar-refractivity contribution >= 4 is 37.5 Å². The quantitative estimate of drug-likeness (QED) is 0.821. The van der Waals surface area contributed by atoms with Crippen molar-refractivity contribution in [3.63, 3.8) is 0 Å². The Bertz CT molecular complexity index is 772. The Morgan fingerprint density at radius 1 is 1.14 bits per heavy atom. The number of hydrogen-bond donors (Lipinski definition) is 1. The Labute approximate surface area is 137 Å². The second-order valence-corrected chi connectivity index (χ2v) is 7.60. The molecule has 8 heteroatoms. The maximum absolute atomic E-state index is 12.1. The fourth-order valence-electron chi connectivity index (χ4n) is 1.64. The summed E-state index contributed by atoms with van der Waals surface area (Å²) in [5.41, 5.74) is 0.916. The fraction of sp³-hybridized carbons (Fsp3) is 0.143. The molecule has 0 spiro atoms. The van der Waals surface area contributed by atoms with Gasteiger partial charge in [0.05, 0.1) is 16.8 Å². The van der Waals surface area contributed by atoms with Gasteiger partial charge in [0.1, 0.15) is 4.60 Å². The minimum Gasteiger partial charge on any atom is -0.321 e. The summed E-state index contributed by atoms with van der Waals surface area (Å²) >= 11 is 3.21. The Balaban J connectivity index is 2.16. The average molecular weight is 384 g/mol. The highest BCUT2D eigenvalue weighted by atomic mass is 79.9. The highest BCUT2D eigenvalue weighted by Gasteiger charge is 2.17. The van der Waals surface area contributed by atoms with E-state index in [0.717, 1.165) is 4.31 Å². The van der Waals surface area contributed by atoms with Gasteiger partial charge in [0.15, 0.2) is 0 Å². The summed E-state index contributed by atoms with van der Waals surface area (Å²) in [6.45, 7) is 0. The number of hydrogen-bond acceptors (Lipinski definition) is 4. The van der Waals surface area contributed by atoms with E-state index < -0.39 is 10.0 Å². The summed E-state index contributed by atoms with van der Waals surface area (Å²) in [4.78, 5) is 16.2. The van der Waals surface area contributed by atoms with E-state index in [4.69, 9.17) is 0 Å². The van der Waals surface area contributed by atoms with E-state index in [1.165, 1.54) is 44.6 Å². The number of halogens is 1. The monoisotopic (exact) mass is 383 g/mol. The van der Waals surface area contributed by atoms with Crippen LogP contribution in [0, 0.1) is 0 Å². The van der Waals surface area contributed by atoms with Crippen molar-refractivity contribution in [2.75, 3.05) is 19.4 Å². The van der Waals surface area contributed by atoms with Crippen LogP contribution in [0.15, 0.2) is 52.1 Å². The molecule has 1 heterocycles. The van der Waals surface area contributed by atoms with Crippen LogP contribution < -0.4 is 5.32 Å². The standard InChI is InChI=1S/C14H14BrN3O3S/c1-18(2)22(20,21)12-6-3-10(4-7-12)14(19)17-11-5-8-13(15)16-9-11/h3-9H,1-2H3,(H,17,19). The lowest BCUT2D eigenvalue weighted by molar-refractivity contribution is 0.102. The molecule has 0 saturated heterocycles. The molecule has 0 bridgehead atoms. The van der Waals surface area contributed by atoms with Crippen LogP contribution in [0.1, 0.15) is 10.4 Å².